The molecule has 0 fully saturated rings. The number of azo groups is 1. The van der Waals surface area contributed by atoms with Crippen LogP contribution in [0.5, 0.6) is 0 Å². The van der Waals surface area contributed by atoms with Gasteiger partial charge in [-0.15, -0.1) is 5.11 Å². The first-order valence-electron chi connectivity index (χ1n) is 4.73. The average Bonchev–Trinajstić information content (AvgIpc) is 2.29. The summed E-state index contributed by atoms with van der Waals surface area (Å²) in [6, 6.07) is 9.35. The number of carbonyl (C=O) groups is 1. The van der Waals surface area contributed by atoms with E-state index in [1.54, 1.807) is 6.08 Å². The molecule has 0 saturated heterocycles. The number of Topliss-reactive ketones (excluding diaryl/α,β-unsaturated/α-hetero) is 1. The summed E-state index contributed by atoms with van der Waals surface area (Å²) < 4.78 is 0. The van der Waals surface area contributed by atoms with Crippen molar-refractivity contribution >= 4 is 11.5 Å². The van der Waals surface area contributed by atoms with E-state index < -0.39 is 0 Å². The van der Waals surface area contributed by atoms with Gasteiger partial charge in [0.15, 0.2) is 5.78 Å². The van der Waals surface area contributed by atoms with Crippen molar-refractivity contribution in [3.63, 3.8) is 0 Å². The molecule has 0 amide bonds. The molecule has 1 aromatic carbocycles. The zero-order chi connectivity index (χ0) is 10.5. The first kappa shape index (κ1) is 12.6. The molecule has 85 valence electrons. The normalized spacial score (nSPS) is 14.8. The number of hydrogen-bond donors (Lipinski definition) is 0. The monoisotopic (exact) mass is 261 g/mol. The van der Waals surface area contributed by atoms with Crippen LogP contribution in [0, 0.1) is 0 Å². The molecule has 2 rings (SSSR count). The first-order chi connectivity index (χ1) is 7.36. The number of hydrogen-bond acceptors (Lipinski definition) is 3. The Morgan fingerprint density at radius 3 is 2.50 bits per heavy atom. The fourth-order valence-electron chi connectivity index (χ4n) is 1.23. The molecule has 0 bridgehead atoms. The predicted molar refractivity (Wildman–Crippen MR) is 57.8 cm³/mol. The summed E-state index contributed by atoms with van der Waals surface area (Å²) in [5.41, 5.74) is 1.17. The number of nitrogens with zero attached hydrogens (tertiary/aromatic N) is 2. The first-order valence-corrected chi connectivity index (χ1v) is 4.73. The predicted octanol–water partition coefficient (Wildman–Crippen LogP) is 3.18. The van der Waals surface area contributed by atoms with Gasteiger partial charge in [0, 0.05) is 23.5 Å². The van der Waals surface area contributed by atoms with Crippen LogP contribution in [0.2, 0.25) is 0 Å². The molecular weight excluding hydrogens is 252 g/mol. The molecule has 0 N–H and O–H groups in total. The molecule has 16 heavy (non-hydrogen) atoms. The van der Waals surface area contributed by atoms with Crippen molar-refractivity contribution in [1.29, 1.82) is 0 Å². The van der Waals surface area contributed by atoms with Crippen molar-refractivity contribution in [3.05, 3.63) is 54.3 Å². The largest absolute Gasteiger partial charge is 0.292 e. The van der Waals surface area contributed by atoms with E-state index in [0.29, 0.717) is 12.1 Å². The van der Waals surface area contributed by atoms with Gasteiger partial charge in [-0.1, -0.05) is 30.4 Å². The van der Waals surface area contributed by atoms with Crippen molar-refractivity contribution in [2.45, 2.75) is 6.42 Å². The summed E-state index contributed by atoms with van der Waals surface area (Å²) in [5, 5.41) is 7.90. The molecule has 4 heteroatoms. The fourth-order valence-corrected chi connectivity index (χ4v) is 1.23. The number of rotatable bonds is 2. The van der Waals surface area contributed by atoms with E-state index in [9.17, 15) is 4.79 Å². The summed E-state index contributed by atoms with van der Waals surface area (Å²) >= 11 is 0. The summed E-state index contributed by atoms with van der Waals surface area (Å²) in [7, 11) is 0. The smallest absolute Gasteiger partial charge is 0.186 e. The molecular formula is C12H10CuN2O. The molecule has 0 atom stereocenters. The van der Waals surface area contributed by atoms with Gasteiger partial charge in [0.25, 0.3) is 0 Å². The molecule has 0 unspecified atom stereocenters. The van der Waals surface area contributed by atoms with E-state index in [1.807, 2.05) is 42.5 Å². The minimum atomic E-state index is 0. The van der Waals surface area contributed by atoms with E-state index in [-0.39, 0.29) is 22.9 Å². The van der Waals surface area contributed by atoms with E-state index in [2.05, 4.69) is 10.2 Å². The van der Waals surface area contributed by atoms with Crippen LogP contribution in [0.15, 0.2) is 64.5 Å². The fraction of sp³-hybridized carbons (Fsp3) is 0.0833. The zero-order valence-electron chi connectivity index (χ0n) is 8.43. The Labute approximate surface area is 104 Å². The van der Waals surface area contributed by atoms with Crippen LogP contribution in [0.3, 0.4) is 0 Å². The molecule has 3 nitrogen and oxygen atoms in total. The SMILES string of the molecule is O=C1CC=CC=C1N=Nc1ccccc1.[Cu]. The molecule has 1 radical (unpaired) electrons. The quantitative estimate of drug-likeness (QED) is 0.595. The number of carbonyl (C=O) groups excluding carboxylic acids is 1. The number of benzene rings is 1. The Morgan fingerprint density at radius 1 is 1.06 bits per heavy atom. The molecule has 0 heterocycles. The maximum atomic E-state index is 11.3. The maximum Gasteiger partial charge on any atom is 0.186 e. The van der Waals surface area contributed by atoms with Crippen LogP contribution >= 0.6 is 0 Å². The van der Waals surface area contributed by atoms with Crippen LogP contribution in [0.4, 0.5) is 5.69 Å². The van der Waals surface area contributed by atoms with Gasteiger partial charge in [0.1, 0.15) is 5.70 Å². The third kappa shape index (κ3) is 3.26. The topological polar surface area (TPSA) is 41.8 Å². The second-order valence-electron chi connectivity index (χ2n) is 3.14. The molecule has 1 aliphatic rings. The standard InChI is InChI=1S/C12H10N2O.Cu/c15-12-9-5-4-8-11(12)14-13-10-6-2-1-3-7-10;/h1-8H,9H2;. The molecule has 1 aromatic rings. The summed E-state index contributed by atoms with van der Waals surface area (Å²) in [4.78, 5) is 11.3. The molecule has 0 aliphatic heterocycles. The van der Waals surface area contributed by atoms with Gasteiger partial charge in [0.05, 0.1) is 5.69 Å². The van der Waals surface area contributed by atoms with E-state index in [1.165, 1.54) is 0 Å². The third-order valence-electron chi connectivity index (χ3n) is 2.01. The Hall–Kier alpha value is -1.51. The Kier molecular flexibility index (Phi) is 4.83. The minimum Gasteiger partial charge on any atom is -0.292 e. The van der Waals surface area contributed by atoms with Gasteiger partial charge < -0.3 is 0 Å². The van der Waals surface area contributed by atoms with E-state index in [0.717, 1.165) is 5.69 Å². The summed E-state index contributed by atoms with van der Waals surface area (Å²) in [6.45, 7) is 0. The van der Waals surface area contributed by atoms with Crippen molar-refractivity contribution in [3.8, 4) is 0 Å². The summed E-state index contributed by atoms with van der Waals surface area (Å²) in [6.07, 6.45) is 5.72. The molecule has 0 aromatic heterocycles. The second kappa shape index (κ2) is 6.16. The van der Waals surface area contributed by atoms with Crippen molar-refractivity contribution in [2.75, 3.05) is 0 Å². The third-order valence-corrected chi connectivity index (χ3v) is 2.01. The van der Waals surface area contributed by atoms with Crippen LogP contribution in [0.1, 0.15) is 6.42 Å². The van der Waals surface area contributed by atoms with E-state index in [4.69, 9.17) is 0 Å². The van der Waals surface area contributed by atoms with Crippen LogP contribution < -0.4 is 0 Å². The molecule has 0 spiro atoms. The summed E-state index contributed by atoms with van der Waals surface area (Å²) in [5.74, 6) is 0.0113. The minimum absolute atomic E-state index is 0. The molecule has 0 saturated carbocycles. The average molecular weight is 262 g/mol. The Bertz CT molecular complexity index is 449. The van der Waals surface area contributed by atoms with Gasteiger partial charge in [0.2, 0.25) is 0 Å². The van der Waals surface area contributed by atoms with Crippen molar-refractivity contribution < 1.29 is 21.9 Å². The van der Waals surface area contributed by atoms with Gasteiger partial charge in [-0.3, -0.25) is 4.79 Å². The Morgan fingerprint density at radius 2 is 1.81 bits per heavy atom. The van der Waals surface area contributed by atoms with Crippen molar-refractivity contribution in [2.24, 2.45) is 10.2 Å². The van der Waals surface area contributed by atoms with Gasteiger partial charge in [-0.25, -0.2) is 0 Å². The van der Waals surface area contributed by atoms with E-state index >= 15 is 0 Å². The van der Waals surface area contributed by atoms with Gasteiger partial charge >= 0.3 is 0 Å². The number of allylic oxidation sites excluding steroid dienone is 4. The van der Waals surface area contributed by atoms with Crippen LogP contribution in [-0.2, 0) is 21.9 Å². The van der Waals surface area contributed by atoms with Gasteiger partial charge in [-0.2, -0.15) is 5.11 Å². The Balaban J connectivity index is 0.00000128. The second-order valence-corrected chi connectivity index (χ2v) is 3.14. The maximum absolute atomic E-state index is 11.3. The van der Waals surface area contributed by atoms with Crippen LogP contribution in [0.25, 0.3) is 0 Å². The zero-order valence-corrected chi connectivity index (χ0v) is 9.37. The molecule has 1 aliphatic carbocycles. The van der Waals surface area contributed by atoms with Crippen molar-refractivity contribution in [1.82, 2.24) is 0 Å². The van der Waals surface area contributed by atoms with Gasteiger partial charge in [-0.05, 0) is 18.2 Å². The number of ketones is 1. The van der Waals surface area contributed by atoms with Crippen LogP contribution in [-0.4, -0.2) is 5.78 Å².